The highest BCUT2D eigenvalue weighted by Gasteiger charge is 2.74. The highest BCUT2D eigenvalue weighted by Crippen LogP contribution is 2.66. The number of likely N-dealkylation sites (tertiary alicyclic amines) is 2. The lowest BCUT2D eigenvalue weighted by molar-refractivity contribution is -0.201. The van der Waals surface area contributed by atoms with Gasteiger partial charge in [0, 0.05) is 30.6 Å². The van der Waals surface area contributed by atoms with E-state index < -0.39 is 29.1 Å². The van der Waals surface area contributed by atoms with Crippen molar-refractivity contribution < 1.29 is 29.0 Å². The Morgan fingerprint density at radius 3 is 2.75 bits per heavy atom. The van der Waals surface area contributed by atoms with Gasteiger partial charge in [0.1, 0.15) is 6.10 Å². The number of hydrogen-bond donors (Lipinski definition) is 1. The molecule has 7 rings (SSSR count). The summed E-state index contributed by atoms with van der Waals surface area (Å²) in [4.78, 5) is 42.1. The molecule has 2 saturated carbocycles. The molecule has 2 saturated heterocycles. The lowest BCUT2D eigenvalue weighted by atomic mass is 9.48. The number of amides is 2. The second-order valence-corrected chi connectivity index (χ2v) is 11.5. The fourth-order valence-electron chi connectivity index (χ4n) is 8.10. The number of nitrogens with zero attached hydrogens (tertiary/aromatic N) is 2. The van der Waals surface area contributed by atoms with Gasteiger partial charge in [0.15, 0.2) is 11.5 Å². The van der Waals surface area contributed by atoms with Crippen molar-refractivity contribution in [3.8, 4) is 11.5 Å². The quantitative estimate of drug-likeness (QED) is 0.298. The third kappa shape index (κ3) is 2.74. The van der Waals surface area contributed by atoms with E-state index in [0.717, 1.165) is 24.2 Å². The number of carbonyl (C=O) groups excluding carboxylic acids is 3. The van der Waals surface area contributed by atoms with Gasteiger partial charge in [-0.2, -0.15) is 0 Å². The van der Waals surface area contributed by atoms with Crippen molar-refractivity contribution in [1.29, 1.82) is 0 Å². The fraction of sp³-hybridized carbons (Fsp3) is 0.607. The predicted molar refractivity (Wildman–Crippen MR) is 128 cm³/mol. The Kier molecular flexibility index (Phi) is 4.63. The van der Waals surface area contributed by atoms with E-state index in [1.54, 1.807) is 19.1 Å². The normalized spacial score (nSPS) is 37.8. The minimum absolute atomic E-state index is 0.0481. The minimum Gasteiger partial charge on any atom is -0.483 e. The maximum atomic E-state index is 13.3. The van der Waals surface area contributed by atoms with Crippen molar-refractivity contribution in [3.63, 3.8) is 0 Å². The first kappa shape index (κ1) is 22.5. The molecule has 2 bridgehead atoms. The summed E-state index contributed by atoms with van der Waals surface area (Å²) < 4.78 is 12.2. The first-order valence-electron chi connectivity index (χ1n) is 13.3. The molecule has 190 valence electrons. The molecule has 3 heterocycles. The largest absolute Gasteiger partial charge is 0.483 e. The van der Waals surface area contributed by atoms with Gasteiger partial charge in [-0.25, -0.2) is 0 Å². The number of carbonyl (C=O) groups is 3. The van der Waals surface area contributed by atoms with Crippen LogP contribution in [-0.4, -0.2) is 69.6 Å². The highest BCUT2D eigenvalue weighted by atomic mass is 16.6. The monoisotopic (exact) mass is 492 g/mol. The molecule has 0 aromatic heterocycles. The number of esters is 1. The molecule has 0 unspecified atom stereocenters. The number of imide groups is 1. The van der Waals surface area contributed by atoms with Crippen molar-refractivity contribution >= 4 is 17.8 Å². The van der Waals surface area contributed by atoms with Gasteiger partial charge >= 0.3 is 5.97 Å². The number of hydrogen-bond acceptors (Lipinski definition) is 7. The Labute approximate surface area is 210 Å². The summed E-state index contributed by atoms with van der Waals surface area (Å²) in [6.45, 7) is 4.97. The molecule has 4 fully saturated rings. The van der Waals surface area contributed by atoms with E-state index >= 15 is 0 Å². The Morgan fingerprint density at radius 2 is 2.06 bits per heavy atom. The Hall–Kier alpha value is -2.71. The van der Waals surface area contributed by atoms with Crippen LogP contribution in [0.2, 0.25) is 0 Å². The van der Waals surface area contributed by atoms with Crippen LogP contribution in [0.1, 0.15) is 63.5 Å². The van der Waals surface area contributed by atoms with Crippen LogP contribution in [0.5, 0.6) is 11.5 Å². The van der Waals surface area contributed by atoms with E-state index in [0.29, 0.717) is 48.7 Å². The first-order chi connectivity index (χ1) is 17.3. The summed E-state index contributed by atoms with van der Waals surface area (Å²) in [5.74, 6) is 0.642. The minimum atomic E-state index is -1.05. The molecule has 1 aromatic rings. The zero-order chi connectivity index (χ0) is 25.0. The maximum Gasteiger partial charge on any atom is 0.308 e. The molecular formula is C28H32N2O6. The van der Waals surface area contributed by atoms with Gasteiger partial charge < -0.3 is 14.6 Å². The number of ether oxygens (including phenoxy) is 2. The van der Waals surface area contributed by atoms with Crippen LogP contribution < -0.4 is 9.47 Å². The molecule has 0 radical (unpaired) electrons. The number of piperidine rings is 1. The lowest BCUT2D eigenvalue weighted by Gasteiger charge is -2.64. The fourth-order valence-corrected chi connectivity index (χ4v) is 8.10. The van der Waals surface area contributed by atoms with Gasteiger partial charge in [0.25, 0.3) is 5.91 Å². The Balaban J connectivity index is 1.39. The van der Waals surface area contributed by atoms with Crippen LogP contribution in [0.25, 0.3) is 0 Å². The van der Waals surface area contributed by atoms with E-state index in [4.69, 9.17) is 9.47 Å². The van der Waals surface area contributed by atoms with Gasteiger partial charge in [-0.3, -0.25) is 24.2 Å². The number of aliphatic hydroxyl groups is 1. The summed E-state index contributed by atoms with van der Waals surface area (Å²) >= 11 is 0. The molecule has 3 aliphatic carbocycles. The Morgan fingerprint density at radius 1 is 1.25 bits per heavy atom. The standard InChI is InChI=1S/C28H32N2O6/c1-3-17-13-22(32)30(26(17)33)19-8-9-28(34)21-12-18-6-7-20(35-15(2)31)24-23(18)27(28,25(19)36-24)10-11-29(21)14-16-4-5-16/h3,6-7,16,19,21,25,34H,4-5,8-14H2,1-2H3/t19-,21-,25+,27+,28-/m1/s1. The van der Waals surface area contributed by atoms with E-state index in [1.807, 2.05) is 6.07 Å². The Bertz CT molecular complexity index is 1240. The number of allylic oxidation sites excluding steroid dienone is 1. The van der Waals surface area contributed by atoms with E-state index in [2.05, 4.69) is 4.90 Å². The molecule has 1 spiro atoms. The zero-order valence-electron chi connectivity index (χ0n) is 20.8. The average Bonchev–Trinajstić information content (AvgIpc) is 3.51. The molecule has 1 N–H and O–H groups in total. The van der Waals surface area contributed by atoms with Gasteiger partial charge in [0.2, 0.25) is 5.91 Å². The topological polar surface area (TPSA) is 96.4 Å². The predicted octanol–water partition coefficient (Wildman–Crippen LogP) is 2.25. The first-order valence-corrected chi connectivity index (χ1v) is 13.3. The summed E-state index contributed by atoms with van der Waals surface area (Å²) in [5, 5.41) is 12.6. The van der Waals surface area contributed by atoms with Crippen molar-refractivity contribution in [1.82, 2.24) is 9.80 Å². The van der Waals surface area contributed by atoms with Crippen LogP contribution in [0.15, 0.2) is 23.8 Å². The molecule has 6 aliphatic rings. The van der Waals surface area contributed by atoms with Crippen LogP contribution in [0.3, 0.4) is 0 Å². The number of benzene rings is 1. The highest BCUT2D eigenvalue weighted by molar-refractivity contribution is 6.13. The van der Waals surface area contributed by atoms with Crippen LogP contribution >= 0.6 is 0 Å². The lowest BCUT2D eigenvalue weighted by Crippen LogP contribution is -2.78. The van der Waals surface area contributed by atoms with Gasteiger partial charge in [-0.1, -0.05) is 12.1 Å². The molecule has 3 aliphatic heterocycles. The van der Waals surface area contributed by atoms with Gasteiger partial charge in [-0.15, -0.1) is 0 Å². The third-order valence-corrected chi connectivity index (χ3v) is 9.75. The average molecular weight is 493 g/mol. The summed E-state index contributed by atoms with van der Waals surface area (Å²) in [5.41, 5.74) is 0.720. The van der Waals surface area contributed by atoms with E-state index in [-0.39, 0.29) is 24.3 Å². The van der Waals surface area contributed by atoms with Crippen LogP contribution in [-0.2, 0) is 26.2 Å². The smallest absolute Gasteiger partial charge is 0.308 e. The second kappa shape index (κ2) is 7.42. The second-order valence-electron chi connectivity index (χ2n) is 11.5. The molecule has 8 heteroatoms. The number of rotatable bonds is 4. The zero-order valence-corrected chi connectivity index (χ0v) is 20.8. The molecule has 1 aromatic carbocycles. The third-order valence-electron chi connectivity index (χ3n) is 9.75. The molecule has 36 heavy (non-hydrogen) atoms. The van der Waals surface area contributed by atoms with Crippen molar-refractivity contribution in [2.75, 3.05) is 13.1 Å². The summed E-state index contributed by atoms with van der Waals surface area (Å²) in [6.07, 6.45) is 6.08. The van der Waals surface area contributed by atoms with Gasteiger partial charge in [-0.05, 0) is 69.5 Å². The van der Waals surface area contributed by atoms with Crippen LogP contribution in [0, 0.1) is 5.92 Å². The molecule has 2 amide bonds. The molecule has 8 nitrogen and oxygen atoms in total. The van der Waals surface area contributed by atoms with Crippen LogP contribution in [0.4, 0.5) is 0 Å². The molecule has 5 atom stereocenters. The van der Waals surface area contributed by atoms with Gasteiger partial charge in [0.05, 0.1) is 23.5 Å². The van der Waals surface area contributed by atoms with Crippen molar-refractivity contribution in [2.45, 2.75) is 88.0 Å². The molecular weight excluding hydrogens is 460 g/mol. The SMILES string of the molecule is CC=C1CC(=O)N([C@@H]2CC[C@@]3(O)[C@H]4Cc5ccc(OC(C)=O)c6c5[C@@]3(CCN4CC3CC3)[C@H]2O6)C1=O. The van der Waals surface area contributed by atoms with Crippen molar-refractivity contribution in [3.05, 3.63) is 34.9 Å². The van der Waals surface area contributed by atoms with E-state index in [1.165, 1.54) is 24.7 Å². The maximum absolute atomic E-state index is 13.3. The van der Waals surface area contributed by atoms with Crippen molar-refractivity contribution in [2.24, 2.45) is 5.92 Å². The van der Waals surface area contributed by atoms with E-state index in [9.17, 15) is 19.5 Å². The summed E-state index contributed by atoms with van der Waals surface area (Å²) in [6, 6.07) is 3.26. The summed E-state index contributed by atoms with van der Waals surface area (Å²) in [7, 11) is 0.